The Labute approximate surface area is 221 Å². The molecule has 5 aromatic rings. The molecule has 190 valence electrons. The number of aryl methyl sites for hydroxylation is 1. The van der Waals surface area contributed by atoms with E-state index in [9.17, 15) is 4.79 Å². The first-order chi connectivity index (χ1) is 18.5. The molecule has 0 atom stereocenters. The Hall–Kier alpha value is -4.36. The Morgan fingerprint density at radius 2 is 1.63 bits per heavy atom. The number of anilines is 2. The molecular weight excluding hydrogens is 472 g/mol. The molecule has 0 aliphatic carbocycles. The topological polar surface area (TPSA) is 75.9 Å². The summed E-state index contributed by atoms with van der Waals surface area (Å²) in [5.41, 5.74) is 6.26. The highest BCUT2D eigenvalue weighted by atomic mass is 16.1. The first kappa shape index (κ1) is 24.0. The van der Waals surface area contributed by atoms with E-state index in [1.807, 2.05) is 48.7 Å². The Morgan fingerprint density at radius 3 is 2.39 bits per heavy atom. The molecule has 7 heteroatoms. The molecule has 1 aliphatic rings. The zero-order chi connectivity index (χ0) is 26.1. The van der Waals surface area contributed by atoms with Crippen molar-refractivity contribution >= 4 is 22.7 Å². The van der Waals surface area contributed by atoms with Crippen molar-refractivity contribution < 1.29 is 0 Å². The average molecular weight is 503 g/mol. The van der Waals surface area contributed by atoms with E-state index in [0.29, 0.717) is 23.1 Å². The van der Waals surface area contributed by atoms with Crippen molar-refractivity contribution in [3.63, 3.8) is 0 Å². The number of nitrogens with one attached hydrogen (secondary N) is 1. The van der Waals surface area contributed by atoms with Gasteiger partial charge in [0.25, 0.3) is 5.56 Å². The van der Waals surface area contributed by atoms with Crippen molar-refractivity contribution in [2.24, 2.45) is 7.05 Å². The van der Waals surface area contributed by atoms with Crippen molar-refractivity contribution in [3.8, 4) is 22.3 Å². The molecule has 2 aromatic carbocycles. The van der Waals surface area contributed by atoms with Gasteiger partial charge in [0.05, 0.1) is 0 Å². The zero-order valence-electron chi connectivity index (χ0n) is 21.6. The van der Waals surface area contributed by atoms with E-state index >= 15 is 0 Å². The van der Waals surface area contributed by atoms with Gasteiger partial charge < -0.3 is 10.2 Å². The van der Waals surface area contributed by atoms with Crippen LogP contribution >= 0.6 is 0 Å². The van der Waals surface area contributed by atoms with E-state index < -0.39 is 0 Å². The summed E-state index contributed by atoms with van der Waals surface area (Å²) in [6.45, 7) is 2.29. The fourth-order valence-electron chi connectivity index (χ4n) is 5.22. The first-order valence-electron chi connectivity index (χ1n) is 13.0. The third-order valence-electron chi connectivity index (χ3n) is 7.47. The third-order valence-corrected chi connectivity index (χ3v) is 7.47. The molecule has 4 heterocycles. The number of hydrogen-bond donors (Lipinski definition) is 1. The lowest BCUT2D eigenvalue weighted by Crippen LogP contribution is -2.29. The molecule has 0 unspecified atom stereocenters. The first-order valence-corrected chi connectivity index (χ1v) is 13.0. The number of pyridine rings is 2. The Kier molecular flexibility index (Phi) is 6.43. The van der Waals surface area contributed by atoms with Gasteiger partial charge in [-0.1, -0.05) is 36.4 Å². The summed E-state index contributed by atoms with van der Waals surface area (Å²) in [6.07, 6.45) is 7.73. The molecule has 0 bridgehead atoms. The van der Waals surface area contributed by atoms with Gasteiger partial charge >= 0.3 is 0 Å². The number of hydrogen-bond acceptors (Lipinski definition) is 6. The van der Waals surface area contributed by atoms with E-state index in [-0.39, 0.29) is 5.56 Å². The van der Waals surface area contributed by atoms with Crippen molar-refractivity contribution in [2.75, 3.05) is 25.5 Å². The molecule has 0 radical (unpaired) electrons. The van der Waals surface area contributed by atoms with Crippen molar-refractivity contribution in [2.45, 2.75) is 18.8 Å². The summed E-state index contributed by atoms with van der Waals surface area (Å²) in [4.78, 5) is 29.2. The van der Waals surface area contributed by atoms with Gasteiger partial charge in [0.1, 0.15) is 5.65 Å². The molecular formula is C31H30N6O. The minimum Gasteiger partial charge on any atom is -0.324 e. The van der Waals surface area contributed by atoms with Gasteiger partial charge in [-0.25, -0.2) is 4.98 Å². The lowest BCUT2D eigenvalue weighted by atomic mass is 9.89. The molecule has 1 saturated heterocycles. The maximum Gasteiger partial charge on any atom is 0.259 e. The Balaban J connectivity index is 1.26. The van der Waals surface area contributed by atoms with Crippen LogP contribution in [-0.2, 0) is 7.05 Å². The van der Waals surface area contributed by atoms with Crippen LogP contribution in [0.15, 0.2) is 90.1 Å². The molecule has 1 fully saturated rings. The summed E-state index contributed by atoms with van der Waals surface area (Å²) in [5, 5.41) is 4.10. The van der Waals surface area contributed by atoms with Crippen LogP contribution in [-0.4, -0.2) is 44.6 Å². The summed E-state index contributed by atoms with van der Waals surface area (Å²) in [5.74, 6) is 1.08. The van der Waals surface area contributed by atoms with E-state index in [1.54, 1.807) is 24.0 Å². The predicted molar refractivity (Wildman–Crippen MR) is 153 cm³/mol. The highest BCUT2D eigenvalue weighted by Gasteiger charge is 2.18. The number of fused-ring (bicyclic) bond motifs is 1. The van der Waals surface area contributed by atoms with Gasteiger partial charge in [0.15, 0.2) is 0 Å². The Morgan fingerprint density at radius 1 is 0.868 bits per heavy atom. The van der Waals surface area contributed by atoms with Crippen LogP contribution in [0.2, 0.25) is 0 Å². The maximum absolute atomic E-state index is 13.4. The van der Waals surface area contributed by atoms with Crippen LogP contribution < -0.4 is 10.9 Å². The van der Waals surface area contributed by atoms with Crippen LogP contribution in [0.5, 0.6) is 0 Å². The minimum absolute atomic E-state index is 0.104. The van der Waals surface area contributed by atoms with Crippen LogP contribution in [0, 0.1) is 0 Å². The van der Waals surface area contributed by atoms with Crippen LogP contribution in [0.1, 0.15) is 24.3 Å². The van der Waals surface area contributed by atoms with Gasteiger partial charge in [0, 0.05) is 47.8 Å². The molecule has 7 nitrogen and oxygen atoms in total. The standard InChI is InChI=1S/C31H30N6O/c1-36-15-12-22(13-16-36)21-8-10-27(11-9-21)34-31-33-20-26-18-28(30(38)37(2)29(26)35-31)24-6-3-5-23(17-24)25-7-4-14-32-19-25/h3-11,14,17-20,22H,12-13,15-16H2,1-2H3,(H,33,34,35). The lowest BCUT2D eigenvalue weighted by molar-refractivity contribution is 0.255. The predicted octanol–water partition coefficient (Wildman–Crippen LogP) is 5.61. The molecule has 1 aliphatic heterocycles. The van der Waals surface area contributed by atoms with Crippen molar-refractivity contribution in [3.05, 3.63) is 101 Å². The molecule has 6 rings (SSSR count). The smallest absolute Gasteiger partial charge is 0.259 e. The molecule has 0 spiro atoms. The van der Waals surface area contributed by atoms with Gasteiger partial charge in [-0.2, -0.15) is 4.98 Å². The zero-order valence-corrected chi connectivity index (χ0v) is 21.6. The lowest BCUT2D eigenvalue weighted by Gasteiger charge is -2.29. The third kappa shape index (κ3) is 4.80. The number of nitrogens with zero attached hydrogens (tertiary/aromatic N) is 5. The van der Waals surface area contributed by atoms with E-state index in [0.717, 1.165) is 40.9 Å². The summed E-state index contributed by atoms with van der Waals surface area (Å²) >= 11 is 0. The van der Waals surface area contributed by atoms with Gasteiger partial charge in [-0.3, -0.25) is 14.3 Å². The average Bonchev–Trinajstić information content (AvgIpc) is 2.96. The fraction of sp³-hybridized carbons (Fsp3) is 0.226. The largest absolute Gasteiger partial charge is 0.324 e. The molecule has 0 amide bonds. The fourth-order valence-corrected chi connectivity index (χ4v) is 5.22. The maximum atomic E-state index is 13.4. The van der Waals surface area contributed by atoms with Crippen molar-refractivity contribution in [1.29, 1.82) is 0 Å². The second-order valence-electron chi connectivity index (χ2n) is 10.0. The van der Waals surface area contributed by atoms with Gasteiger partial charge in [-0.05, 0) is 85.9 Å². The van der Waals surface area contributed by atoms with E-state index in [2.05, 4.69) is 56.5 Å². The highest BCUT2D eigenvalue weighted by Crippen LogP contribution is 2.29. The summed E-state index contributed by atoms with van der Waals surface area (Å²) in [6, 6.07) is 22.3. The molecule has 3 aromatic heterocycles. The van der Waals surface area contributed by atoms with E-state index in [4.69, 9.17) is 0 Å². The molecule has 1 N–H and O–H groups in total. The number of piperidine rings is 1. The number of benzene rings is 2. The SMILES string of the molecule is CN1CCC(c2ccc(Nc3ncc4cc(-c5cccc(-c6cccnc6)c5)c(=O)n(C)c4n3)cc2)CC1. The monoisotopic (exact) mass is 502 g/mol. The quantitative estimate of drug-likeness (QED) is 0.337. The summed E-state index contributed by atoms with van der Waals surface area (Å²) < 4.78 is 1.59. The Bertz CT molecular complexity index is 1640. The summed E-state index contributed by atoms with van der Waals surface area (Å²) in [7, 11) is 3.94. The second-order valence-corrected chi connectivity index (χ2v) is 10.0. The van der Waals surface area contributed by atoms with Crippen LogP contribution in [0.25, 0.3) is 33.3 Å². The molecule has 0 saturated carbocycles. The van der Waals surface area contributed by atoms with E-state index in [1.165, 1.54) is 18.4 Å². The van der Waals surface area contributed by atoms with Crippen LogP contribution in [0.3, 0.4) is 0 Å². The normalized spacial score (nSPS) is 14.6. The second kappa shape index (κ2) is 10.2. The van der Waals surface area contributed by atoms with Gasteiger partial charge in [-0.15, -0.1) is 0 Å². The number of rotatable bonds is 5. The van der Waals surface area contributed by atoms with Crippen LogP contribution in [0.4, 0.5) is 11.6 Å². The number of aromatic nitrogens is 4. The highest BCUT2D eigenvalue weighted by molar-refractivity contribution is 5.83. The van der Waals surface area contributed by atoms with Crippen molar-refractivity contribution in [1.82, 2.24) is 24.4 Å². The van der Waals surface area contributed by atoms with Gasteiger partial charge in [0.2, 0.25) is 5.95 Å². The minimum atomic E-state index is -0.104. The molecule has 38 heavy (non-hydrogen) atoms. The number of likely N-dealkylation sites (tertiary alicyclic amines) is 1.